The van der Waals surface area contributed by atoms with Gasteiger partial charge >= 0.3 is 0 Å². The maximum Gasteiger partial charge on any atom is 0.0578 e. The maximum atomic E-state index is 5.62. The van der Waals surface area contributed by atoms with Crippen molar-refractivity contribution < 1.29 is 4.74 Å². The minimum atomic E-state index is 0.551. The standard InChI is InChI=1S/C9H16O/c1-6-5-10-7(2)9-4-3-8(6)9/h6-9H,3-5H2,1-2H3/t6?,7-,8?,9?/m1/s1. The number of hydrogen-bond donors (Lipinski definition) is 0. The van der Waals surface area contributed by atoms with Gasteiger partial charge in [-0.3, -0.25) is 0 Å². The van der Waals surface area contributed by atoms with Crippen LogP contribution in [0.1, 0.15) is 26.7 Å². The van der Waals surface area contributed by atoms with Gasteiger partial charge in [0.15, 0.2) is 0 Å². The highest BCUT2D eigenvalue weighted by Gasteiger charge is 2.41. The van der Waals surface area contributed by atoms with Crippen molar-refractivity contribution in [2.45, 2.75) is 32.8 Å². The van der Waals surface area contributed by atoms with Gasteiger partial charge in [-0.15, -0.1) is 0 Å². The Morgan fingerprint density at radius 2 is 1.80 bits per heavy atom. The average Bonchev–Trinajstić information content (AvgIpc) is 1.78. The van der Waals surface area contributed by atoms with Gasteiger partial charge in [-0.05, 0) is 37.5 Å². The molecule has 1 heteroatoms. The molecule has 4 atom stereocenters. The molecule has 10 heavy (non-hydrogen) atoms. The SMILES string of the molecule is CC1CO[C@H](C)C2CCC12. The molecule has 1 aliphatic carbocycles. The van der Waals surface area contributed by atoms with Crippen LogP contribution in [0.4, 0.5) is 0 Å². The quantitative estimate of drug-likeness (QED) is 0.500. The molecule has 1 aliphatic heterocycles. The fourth-order valence-corrected chi connectivity index (χ4v) is 2.39. The van der Waals surface area contributed by atoms with E-state index in [1.54, 1.807) is 0 Å². The lowest BCUT2D eigenvalue weighted by atomic mass is 9.64. The molecule has 1 saturated heterocycles. The molecular weight excluding hydrogens is 124 g/mol. The molecule has 1 nitrogen and oxygen atoms in total. The molecule has 2 aliphatic rings. The summed E-state index contributed by atoms with van der Waals surface area (Å²) in [5.74, 6) is 2.74. The van der Waals surface area contributed by atoms with Crippen LogP contribution in [-0.4, -0.2) is 12.7 Å². The minimum Gasteiger partial charge on any atom is -0.378 e. The third-order valence-electron chi connectivity index (χ3n) is 3.34. The largest absolute Gasteiger partial charge is 0.378 e. The van der Waals surface area contributed by atoms with E-state index >= 15 is 0 Å². The Morgan fingerprint density at radius 3 is 2.30 bits per heavy atom. The van der Waals surface area contributed by atoms with Gasteiger partial charge in [-0.2, -0.15) is 0 Å². The minimum absolute atomic E-state index is 0.551. The van der Waals surface area contributed by atoms with Gasteiger partial charge in [0, 0.05) is 6.61 Å². The molecular formula is C9H16O. The Hall–Kier alpha value is -0.0400. The lowest BCUT2D eigenvalue weighted by Crippen LogP contribution is -2.45. The molecule has 0 aromatic carbocycles. The highest BCUT2D eigenvalue weighted by molar-refractivity contribution is 4.90. The zero-order valence-electron chi connectivity index (χ0n) is 6.84. The summed E-state index contributed by atoms with van der Waals surface area (Å²) >= 11 is 0. The van der Waals surface area contributed by atoms with E-state index in [0.29, 0.717) is 6.10 Å². The number of fused-ring (bicyclic) bond motifs is 1. The molecule has 0 spiro atoms. The van der Waals surface area contributed by atoms with Crippen LogP contribution in [0.3, 0.4) is 0 Å². The number of rotatable bonds is 0. The summed E-state index contributed by atoms with van der Waals surface area (Å²) < 4.78 is 5.62. The zero-order valence-corrected chi connectivity index (χ0v) is 6.84. The third-order valence-corrected chi connectivity index (χ3v) is 3.34. The van der Waals surface area contributed by atoms with Gasteiger partial charge in [0.05, 0.1) is 6.10 Å². The van der Waals surface area contributed by atoms with Crippen LogP contribution < -0.4 is 0 Å². The van der Waals surface area contributed by atoms with E-state index in [-0.39, 0.29) is 0 Å². The van der Waals surface area contributed by atoms with Crippen molar-refractivity contribution in [1.82, 2.24) is 0 Å². The van der Waals surface area contributed by atoms with Crippen molar-refractivity contribution >= 4 is 0 Å². The fraction of sp³-hybridized carbons (Fsp3) is 1.00. The second kappa shape index (κ2) is 2.23. The van der Waals surface area contributed by atoms with Crippen LogP contribution in [-0.2, 0) is 4.74 Å². The molecule has 2 rings (SSSR count). The van der Waals surface area contributed by atoms with Gasteiger partial charge < -0.3 is 4.74 Å². The summed E-state index contributed by atoms with van der Waals surface area (Å²) in [6, 6.07) is 0. The van der Waals surface area contributed by atoms with Crippen molar-refractivity contribution in [3.05, 3.63) is 0 Å². The Balaban J connectivity index is 2.02. The summed E-state index contributed by atoms with van der Waals surface area (Å²) in [6.07, 6.45) is 3.42. The van der Waals surface area contributed by atoms with Crippen LogP contribution in [0, 0.1) is 17.8 Å². The molecule has 1 heterocycles. The molecule has 0 radical (unpaired) electrons. The summed E-state index contributed by atoms with van der Waals surface area (Å²) in [6.45, 7) is 5.55. The second-order valence-electron chi connectivity index (χ2n) is 3.92. The van der Waals surface area contributed by atoms with Gasteiger partial charge in [-0.1, -0.05) is 6.92 Å². The first kappa shape index (κ1) is 6.66. The van der Waals surface area contributed by atoms with Crippen LogP contribution in [0.2, 0.25) is 0 Å². The van der Waals surface area contributed by atoms with Gasteiger partial charge in [0.2, 0.25) is 0 Å². The molecule has 0 amide bonds. The summed E-state index contributed by atoms with van der Waals surface area (Å²) in [5, 5.41) is 0. The molecule has 0 aromatic heterocycles. The van der Waals surface area contributed by atoms with Crippen LogP contribution in [0.5, 0.6) is 0 Å². The smallest absolute Gasteiger partial charge is 0.0578 e. The average molecular weight is 140 g/mol. The second-order valence-corrected chi connectivity index (χ2v) is 3.92. The van der Waals surface area contributed by atoms with E-state index < -0.39 is 0 Å². The summed E-state index contributed by atoms with van der Waals surface area (Å²) in [4.78, 5) is 0. The number of hydrogen-bond acceptors (Lipinski definition) is 1. The van der Waals surface area contributed by atoms with Gasteiger partial charge in [0.25, 0.3) is 0 Å². The molecule has 3 unspecified atom stereocenters. The Labute approximate surface area is 62.8 Å². The predicted octanol–water partition coefficient (Wildman–Crippen LogP) is 2.07. The Morgan fingerprint density at radius 1 is 1.10 bits per heavy atom. The first-order valence-electron chi connectivity index (χ1n) is 4.40. The Kier molecular flexibility index (Phi) is 1.48. The number of ether oxygens (including phenoxy) is 1. The zero-order chi connectivity index (χ0) is 7.14. The van der Waals surface area contributed by atoms with Crippen LogP contribution >= 0.6 is 0 Å². The lowest BCUT2D eigenvalue weighted by Gasteiger charge is -2.48. The van der Waals surface area contributed by atoms with Crippen molar-refractivity contribution in [3.8, 4) is 0 Å². The summed E-state index contributed by atoms with van der Waals surface area (Å²) in [5.41, 5.74) is 0. The van der Waals surface area contributed by atoms with Gasteiger partial charge in [-0.25, -0.2) is 0 Å². The van der Waals surface area contributed by atoms with E-state index in [2.05, 4.69) is 13.8 Å². The van der Waals surface area contributed by atoms with Crippen molar-refractivity contribution in [1.29, 1.82) is 0 Å². The highest BCUT2D eigenvalue weighted by atomic mass is 16.5. The first-order valence-corrected chi connectivity index (χ1v) is 4.40. The fourth-order valence-electron chi connectivity index (χ4n) is 2.39. The van der Waals surface area contributed by atoms with E-state index in [1.807, 2.05) is 0 Å². The topological polar surface area (TPSA) is 9.23 Å². The van der Waals surface area contributed by atoms with Crippen LogP contribution in [0.25, 0.3) is 0 Å². The normalized spacial score (nSPS) is 53.4. The Bertz CT molecular complexity index is 117. The van der Waals surface area contributed by atoms with E-state index in [0.717, 1.165) is 24.4 Å². The predicted molar refractivity (Wildman–Crippen MR) is 40.8 cm³/mol. The van der Waals surface area contributed by atoms with E-state index in [9.17, 15) is 0 Å². The third kappa shape index (κ3) is 0.800. The van der Waals surface area contributed by atoms with Gasteiger partial charge in [0.1, 0.15) is 0 Å². The molecule has 1 saturated carbocycles. The summed E-state index contributed by atoms with van der Waals surface area (Å²) in [7, 11) is 0. The van der Waals surface area contributed by atoms with E-state index in [1.165, 1.54) is 12.8 Å². The van der Waals surface area contributed by atoms with Crippen molar-refractivity contribution in [3.63, 3.8) is 0 Å². The van der Waals surface area contributed by atoms with E-state index in [4.69, 9.17) is 4.74 Å². The molecule has 0 N–H and O–H groups in total. The van der Waals surface area contributed by atoms with Crippen molar-refractivity contribution in [2.75, 3.05) is 6.61 Å². The monoisotopic (exact) mass is 140 g/mol. The highest BCUT2D eigenvalue weighted by Crippen LogP contribution is 2.45. The van der Waals surface area contributed by atoms with Crippen molar-refractivity contribution in [2.24, 2.45) is 17.8 Å². The maximum absolute atomic E-state index is 5.62. The molecule has 58 valence electrons. The lowest BCUT2D eigenvalue weighted by molar-refractivity contribution is -0.120. The molecule has 0 aromatic rings. The molecule has 2 fully saturated rings. The van der Waals surface area contributed by atoms with Crippen LogP contribution in [0.15, 0.2) is 0 Å². The first-order chi connectivity index (χ1) is 4.79. The molecule has 0 bridgehead atoms.